The van der Waals surface area contributed by atoms with Crippen LogP contribution in [0.1, 0.15) is 22.3 Å². The minimum Gasteiger partial charge on any atom is -0.497 e. The predicted octanol–water partition coefficient (Wildman–Crippen LogP) is 6.34. The third-order valence-corrected chi connectivity index (χ3v) is 4.37. The van der Waals surface area contributed by atoms with E-state index in [9.17, 15) is 13.2 Å². The highest BCUT2D eigenvalue weighted by Gasteiger charge is 2.35. The van der Waals surface area contributed by atoms with Gasteiger partial charge in [0.2, 0.25) is 0 Å². The van der Waals surface area contributed by atoms with Gasteiger partial charge in [0.25, 0.3) is 0 Å². The van der Waals surface area contributed by atoms with Gasteiger partial charge in [0.05, 0.1) is 12.7 Å². The van der Waals surface area contributed by atoms with Crippen molar-refractivity contribution in [1.82, 2.24) is 0 Å². The van der Waals surface area contributed by atoms with Gasteiger partial charge in [-0.2, -0.15) is 13.2 Å². The van der Waals surface area contributed by atoms with Crippen LogP contribution in [-0.2, 0) is 17.6 Å². The largest absolute Gasteiger partial charge is 0.497 e. The van der Waals surface area contributed by atoms with Gasteiger partial charge in [-0.05, 0) is 35.9 Å². The van der Waals surface area contributed by atoms with Crippen molar-refractivity contribution in [3.05, 3.63) is 100 Å². The van der Waals surface area contributed by atoms with E-state index >= 15 is 0 Å². The van der Waals surface area contributed by atoms with Gasteiger partial charge in [-0.15, -0.1) is 0 Å². The van der Waals surface area contributed by atoms with E-state index in [1.807, 2.05) is 0 Å². The second-order valence-corrected chi connectivity index (χ2v) is 6.55. The van der Waals surface area contributed by atoms with Crippen molar-refractivity contribution in [2.75, 3.05) is 7.11 Å². The molecule has 3 aromatic carbocycles. The van der Waals surface area contributed by atoms with Gasteiger partial charge >= 0.3 is 6.18 Å². The summed E-state index contributed by atoms with van der Waals surface area (Å²) in [6.07, 6.45) is -4.56. The van der Waals surface area contributed by atoms with Crippen LogP contribution in [0.15, 0.2) is 78.0 Å². The normalized spacial score (nSPS) is 12.0. The zero-order valence-corrected chi connectivity index (χ0v) is 16.2. The van der Waals surface area contributed by atoms with Gasteiger partial charge in [-0.3, -0.25) is 0 Å². The lowest BCUT2D eigenvalue weighted by atomic mass is 9.97. The van der Waals surface area contributed by atoms with Crippen molar-refractivity contribution >= 4 is 17.3 Å². The van der Waals surface area contributed by atoms with Crippen LogP contribution < -0.4 is 4.74 Å². The van der Waals surface area contributed by atoms with Crippen molar-refractivity contribution in [3.63, 3.8) is 0 Å². The summed E-state index contributed by atoms with van der Waals surface area (Å²) in [5, 5.41) is 4.22. The van der Waals surface area contributed by atoms with Crippen molar-refractivity contribution < 1.29 is 22.7 Å². The summed E-state index contributed by atoms with van der Waals surface area (Å²) >= 11 is 5.98. The number of alkyl halides is 3. The molecular weight excluding hydrogens is 403 g/mol. The van der Waals surface area contributed by atoms with E-state index in [0.717, 1.165) is 11.6 Å². The highest BCUT2D eigenvalue weighted by molar-refractivity contribution is 6.31. The number of ether oxygens (including phenoxy) is 1. The summed E-state index contributed by atoms with van der Waals surface area (Å²) < 4.78 is 45.8. The maximum absolute atomic E-state index is 13.6. The first-order valence-corrected chi connectivity index (χ1v) is 9.01. The van der Waals surface area contributed by atoms with Gasteiger partial charge in [-0.25, -0.2) is 0 Å². The molecule has 0 aliphatic rings. The summed E-state index contributed by atoms with van der Waals surface area (Å²) in [7, 11) is 1.56. The molecule has 0 aromatic heterocycles. The molecule has 0 saturated heterocycles. The molecule has 0 amide bonds. The Labute approximate surface area is 171 Å². The van der Waals surface area contributed by atoms with E-state index in [4.69, 9.17) is 21.2 Å². The number of hydrogen-bond donors (Lipinski definition) is 0. The lowest BCUT2D eigenvalue weighted by molar-refractivity contribution is -0.137. The van der Waals surface area contributed by atoms with Crippen molar-refractivity contribution in [2.45, 2.75) is 12.8 Å². The van der Waals surface area contributed by atoms with Crippen molar-refractivity contribution in [1.29, 1.82) is 0 Å². The highest BCUT2D eigenvalue weighted by Crippen LogP contribution is 2.34. The Morgan fingerprint density at radius 2 is 1.66 bits per heavy atom. The zero-order valence-electron chi connectivity index (χ0n) is 15.4. The predicted molar refractivity (Wildman–Crippen MR) is 106 cm³/mol. The van der Waals surface area contributed by atoms with E-state index in [1.54, 1.807) is 61.7 Å². The Balaban J connectivity index is 1.98. The molecule has 0 saturated carbocycles. The van der Waals surface area contributed by atoms with Crippen LogP contribution in [0.2, 0.25) is 5.02 Å². The van der Waals surface area contributed by atoms with Gasteiger partial charge in [0.15, 0.2) is 0 Å². The lowest BCUT2D eigenvalue weighted by Gasteiger charge is -2.15. The quantitative estimate of drug-likeness (QED) is 0.345. The fourth-order valence-electron chi connectivity index (χ4n) is 2.71. The van der Waals surface area contributed by atoms with E-state index in [-0.39, 0.29) is 22.9 Å². The summed E-state index contributed by atoms with van der Waals surface area (Å²) in [4.78, 5) is 5.41. The minimum atomic E-state index is -4.56. The molecule has 0 fully saturated rings. The molecule has 0 N–H and O–H groups in total. The molecule has 0 spiro atoms. The van der Waals surface area contributed by atoms with Gasteiger partial charge in [0, 0.05) is 16.1 Å². The smallest absolute Gasteiger partial charge is 0.417 e. The number of hydrogen-bond acceptors (Lipinski definition) is 3. The maximum Gasteiger partial charge on any atom is 0.417 e. The topological polar surface area (TPSA) is 30.8 Å². The molecule has 3 nitrogen and oxygen atoms in total. The number of rotatable bonds is 6. The molecule has 0 heterocycles. The van der Waals surface area contributed by atoms with Gasteiger partial charge < -0.3 is 9.57 Å². The van der Waals surface area contributed by atoms with Crippen molar-refractivity contribution in [2.24, 2.45) is 5.16 Å². The first-order chi connectivity index (χ1) is 13.9. The van der Waals surface area contributed by atoms with E-state index in [0.29, 0.717) is 11.3 Å². The van der Waals surface area contributed by atoms with E-state index < -0.39 is 11.7 Å². The fourth-order valence-corrected chi connectivity index (χ4v) is 2.88. The fraction of sp³-hybridized carbons (Fsp3) is 0.136. The molecular formula is C22H17ClF3NO2. The number of halogens is 4. The molecule has 0 unspecified atom stereocenters. The van der Waals surface area contributed by atoms with Crippen LogP contribution in [0.5, 0.6) is 5.75 Å². The first kappa shape index (κ1) is 20.7. The van der Waals surface area contributed by atoms with Crippen LogP contribution >= 0.6 is 11.6 Å². The maximum atomic E-state index is 13.6. The molecule has 7 heteroatoms. The molecule has 3 aromatic rings. The second kappa shape index (κ2) is 9.01. The molecule has 3 rings (SSSR count). The van der Waals surface area contributed by atoms with Crippen LogP contribution in [0.25, 0.3) is 0 Å². The lowest BCUT2D eigenvalue weighted by Crippen LogP contribution is -2.15. The second-order valence-electron chi connectivity index (χ2n) is 6.12. The van der Waals surface area contributed by atoms with Crippen LogP contribution in [0.4, 0.5) is 13.2 Å². The summed E-state index contributed by atoms with van der Waals surface area (Å²) in [6.45, 7) is 0.0856. The average molecular weight is 420 g/mol. The Morgan fingerprint density at radius 1 is 0.966 bits per heavy atom. The summed E-state index contributed by atoms with van der Waals surface area (Å²) in [5.74, 6) is 0.691. The van der Waals surface area contributed by atoms with Crippen LogP contribution in [0, 0.1) is 0 Å². The van der Waals surface area contributed by atoms with Crippen LogP contribution in [-0.4, -0.2) is 12.8 Å². The third-order valence-electron chi connectivity index (χ3n) is 4.14. The Bertz CT molecular complexity index is 987. The number of nitrogens with zero attached hydrogens (tertiary/aromatic N) is 1. The zero-order chi connectivity index (χ0) is 20.9. The SMILES string of the molecule is COc1ccc(CO/N=C(\c2ccccc2)c2cc(Cl)ccc2C(F)(F)F)cc1. The van der Waals surface area contributed by atoms with Crippen LogP contribution in [0.3, 0.4) is 0 Å². The van der Waals surface area contributed by atoms with Crippen molar-refractivity contribution in [3.8, 4) is 5.75 Å². The highest BCUT2D eigenvalue weighted by atomic mass is 35.5. The number of benzene rings is 3. The minimum absolute atomic E-state index is 0.0499. The van der Waals surface area contributed by atoms with Gasteiger partial charge in [0.1, 0.15) is 18.1 Å². The molecule has 150 valence electrons. The van der Waals surface area contributed by atoms with Gasteiger partial charge in [-0.1, -0.05) is 59.2 Å². The summed E-state index contributed by atoms with van der Waals surface area (Å²) in [6, 6.07) is 19.0. The standard InChI is InChI=1S/C22H17ClF3NO2/c1-28-18-10-7-15(8-11-18)14-29-27-21(16-5-3-2-4-6-16)19-13-17(23)9-12-20(19)22(24,25)26/h2-13H,14H2,1H3/b27-21+. The summed E-state index contributed by atoms with van der Waals surface area (Å²) in [5.41, 5.74) is 0.344. The molecule has 0 bridgehead atoms. The Morgan fingerprint density at radius 3 is 2.28 bits per heavy atom. The molecule has 0 aliphatic heterocycles. The average Bonchev–Trinajstić information content (AvgIpc) is 2.71. The Kier molecular flexibility index (Phi) is 6.44. The Hall–Kier alpha value is -2.99. The molecule has 0 aliphatic carbocycles. The number of methoxy groups -OCH3 is 1. The monoisotopic (exact) mass is 419 g/mol. The molecule has 0 atom stereocenters. The third kappa shape index (κ3) is 5.29. The molecule has 29 heavy (non-hydrogen) atoms. The van der Waals surface area contributed by atoms with E-state index in [1.165, 1.54) is 12.1 Å². The van der Waals surface area contributed by atoms with E-state index in [2.05, 4.69) is 5.16 Å². The number of oxime groups is 1. The first-order valence-electron chi connectivity index (χ1n) is 8.64. The molecule has 0 radical (unpaired) electrons.